The molecule has 0 heterocycles. The van der Waals surface area contributed by atoms with Crippen LogP contribution in [0.25, 0.3) is 121 Å². The van der Waals surface area contributed by atoms with E-state index in [1.54, 1.807) is 0 Å². The Balaban J connectivity index is 1.40. The summed E-state index contributed by atoms with van der Waals surface area (Å²) in [6.45, 7) is 0. The molecule has 0 saturated heterocycles. The summed E-state index contributed by atoms with van der Waals surface area (Å²) in [7, 11) is 4.41. The quantitative estimate of drug-likeness (QED) is 0.0885. The van der Waals surface area contributed by atoms with Crippen LogP contribution >= 0.6 is 31.9 Å². The van der Waals surface area contributed by atoms with Crippen molar-refractivity contribution in [2.24, 2.45) is 0 Å². The number of fused-ring (bicyclic) bond motifs is 6. The Labute approximate surface area is 391 Å². The molecule has 12 aromatic carbocycles. The number of halogens is 2. The third-order valence-electron chi connectivity index (χ3n) is 13.2. The lowest BCUT2D eigenvalue weighted by Crippen LogP contribution is -2.02. The molecule has 298 valence electrons. The molecule has 4 heteroatoms. The van der Waals surface area contributed by atoms with E-state index in [2.05, 4.69) is 254 Å². The first-order valence-electron chi connectivity index (χ1n) is 21.9. The fourth-order valence-electron chi connectivity index (χ4n) is 10.6. The molecule has 0 N–H and O–H groups in total. The van der Waals surface area contributed by atoms with E-state index >= 15 is 0 Å². The van der Waals surface area contributed by atoms with Gasteiger partial charge in [-0.2, -0.15) is 0 Å². The molecule has 0 radical (unpaired) electrons. The summed E-state index contributed by atoms with van der Waals surface area (Å²) in [5.41, 5.74) is 17.0. The summed E-state index contributed by atoms with van der Waals surface area (Å²) in [5, 5.41) is 12.7. The van der Waals surface area contributed by atoms with Gasteiger partial charge in [0.2, 0.25) is 0 Å². The van der Waals surface area contributed by atoms with Gasteiger partial charge in [0.05, 0.1) is 0 Å². The largest absolute Gasteiger partial charge is 0.139 e. The molecule has 64 heavy (non-hydrogen) atoms. The molecule has 0 nitrogen and oxygen atoms in total. The average Bonchev–Trinajstić information content (AvgIpc) is 3.33. The predicted octanol–water partition coefficient (Wildman–Crippen LogP) is 14.9. The zero-order valence-corrected chi connectivity index (χ0v) is 38.6. The van der Waals surface area contributed by atoms with Gasteiger partial charge in [-0.05, 0) is 157 Å². The molecule has 0 bridgehead atoms. The highest BCUT2D eigenvalue weighted by atomic mass is 79.9. The van der Waals surface area contributed by atoms with Crippen LogP contribution in [-0.4, -0.2) is 15.7 Å². The molecule has 12 aromatic rings. The number of hydrogen-bond donors (Lipinski definition) is 0. The highest BCUT2D eigenvalue weighted by Crippen LogP contribution is 2.55. The van der Waals surface area contributed by atoms with Crippen LogP contribution in [0.1, 0.15) is 0 Å². The maximum absolute atomic E-state index is 3.89. The van der Waals surface area contributed by atoms with Crippen molar-refractivity contribution in [1.82, 2.24) is 0 Å². The van der Waals surface area contributed by atoms with Crippen molar-refractivity contribution in [3.63, 3.8) is 0 Å². The van der Waals surface area contributed by atoms with Crippen LogP contribution in [0, 0.1) is 0 Å². The third kappa shape index (κ3) is 6.26. The molecule has 0 atom stereocenters. The van der Waals surface area contributed by atoms with Crippen molar-refractivity contribution in [3.8, 4) is 66.8 Å². The standard InChI is InChI=1S/C60H38B2Br2/c61-41-21-7-17-37(29-41)51-33-50(36-15-5-2-6-16-36)54(40-20-10-24-44(64)32-40)60-48-28-12-26-46-56(48)55-45(57(51)60)25-11-27-47(55)59-53(39-19-8-22-42(62)30-39)49(35-13-3-1-4-14-35)34-52(58(46)59)38-18-9-23-43(63)31-38/h1-34H,61-62H2. The van der Waals surface area contributed by atoms with E-state index in [1.165, 1.54) is 132 Å². The van der Waals surface area contributed by atoms with Gasteiger partial charge in [-0.1, -0.05) is 213 Å². The maximum Gasteiger partial charge on any atom is 0.139 e. The van der Waals surface area contributed by atoms with Gasteiger partial charge < -0.3 is 0 Å². The minimum atomic E-state index is 1.06. The van der Waals surface area contributed by atoms with Crippen LogP contribution in [0.15, 0.2) is 215 Å². The Morgan fingerprint density at radius 1 is 0.250 bits per heavy atom. The first-order valence-corrected chi connectivity index (χ1v) is 23.5. The Kier molecular flexibility index (Phi) is 9.44. The molecule has 0 aliphatic rings. The molecule has 0 aromatic heterocycles. The first-order chi connectivity index (χ1) is 31.4. The van der Waals surface area contributed by atoms with E-state index in [0.29, 0.717) is 0 Å². The van der Waals surface area contributed by atoms with Crippen molar-refractivity contribution in [2.75, 3.05) is 0 Å². The maximum atomic E-state index is 3.89. The van der Waals surface area contributed by atoms with Crippen molar-refractivity contribution < 1.29 is 0 Å². The van der Waals surface area contributed by atoms with E-state index in [-0.39, 0.29) is 0 Å². The zero-order valence-electron chi connectivity index (χ0n) is 35.4. The fourth-order valence-corrected chi connectivity index (χ4v) is 11.4. The molecule has 0 spiro atoms. The highest BCUT2D eigenvalue weighted by Gasteiger charge is 2.27. The average molecular weight is 940 g/mol. The summed E-state index contributed by atoms with van der Waals surface area (Å²) in [5.74, 6) is 0. The SMILES string of the molecule is Bc1cccc(-c2cc(-c3ccccc3)c(-c3cccc(Br)c3)c3c4cccc5c6c(-c7cccc(Br)c7)cc(-c7ccccc7)c(-c7cccc(B)c7)c6c6cccc(c23)c6c54)c1. The summed E-state index contributed by atoms with van der Waals surface area (Å²) in [6.07, 6.45) is 0. The van der Waals surface area contributed by atoms with E-state index in [0.717, 1.165) is 8.95 Å². The van der Waals surface area contributed by atoms with Crippen LogP contribution in [0.5, 0.6) is 0 Å². The van der Waals surface area contributed by atoms with Crippen molar-refractivity contribution >= 4 is 112 Å². The van der Waals surface area contributed by atoms with Crippen LogP contribution in [0.3, 0.4) is 0 Å². The van der Waals surface area contributed by atoms with Crippen molar-refractivity contribution in [2.45, 2.75) is 0 Å². The second-order valence-electron chi connectivity index (χ2n) is 17.1. The normalized spacial score (nSPS) is 11.7. The summed E-state index contributed by atoms with van der Waals surface area (Å²) in [4.78, 5) is 0. The van der Waals surface area contributed by atoms with Gasteiger partial charge in [0.25, 0.3) is 0 Å². The smallest absolute Gasteiger partial charge is 0.0884 e. The van der Waals surface area contributed by atoms with Crippen LogP contribution in [0.4, 0.5) is 0 Å². The second-order valence-corrected chi connectivity index (χ2v) is 19.0. The topological polar surface area (TPSA) is 0 Å². The Hall–Kier alpha value is -6.71. The summed E-state index contributed by atoms with van der Waals surface area (Å²) in [6, 6.07) is 76.8. The molecule has 12 rings (SSSR count). The lowest BCUT2D eigenvalue weighted by atomic mass is 9.76. The second kappa shape index (κ2) is 15.5. The summed E-state index contributed by atoms with van der Waals surface area (Å²) < 4.78 is 2.11. The first kappa shape index (κ1) is 38.9. The van der Waals surface area contributed by atoms with Gasteiger partial charge >= 0.3 is 0 Å². The highest BCUT2D eigenvalue weighted by molar-refractivity contribution is 9.10. The van der Waals surface area contributed by atoms with E-state index in [9.17, 15) is 0 Å². The van der Waals surface area contributed by atoms with Crippen LogP contribution in [-0.2, 0) is 0 Å². The van der Waals surface area contributed by atoms with Gasteiger partial charge in [-0.25, -0.2) is 0 Å². The molecule has 0 fully saturated rings. The van der Waals surface area contributed by atoms with Crippen LogP contribution in [0.2, 0.25) is 0 Å². The number of benzene rings is 12. The van der Waals surface area contributed by atoms with E-state index in [4.69, 9.17) is 0 Å². The van der Waals surface area contributed by atoms with Crippen molar-refractivity contribution in [3.05, 3.63) is 215 Å². The lowest BCUT2D eigenvalue weighted by Gasteiger charge is -2.26. The predicted molar refractivity (Wildman–Crippen MR) is 290 cm³/mol. The molecule has 0 amide bonds. The monoisotopic (exact) mass is 938 g/mol. The minimum Gasteiger partial charge on any atom is -0.0884 e. The van der Waals surface area contributed by atoms with Gasteiger partial charge in [0.15, 0.2) is 0 Å². The molecule has 0 unspecified atom stereocenters. The molecular formula is C60H38B2Br2. The summed E-state index contributed by atoms with van der Waals surface area (Å²) >= 11 is 7.76. The molecule has 0 aliphatic carbocycles. The zero-order chi connectivity index (χ0) is 43.1. The number of rotatable bonds is 6. The van der Waals surface area contributed by atoms with Gasteiger partial charge in [-0.15, -0.1) is 0 Å². The van der Waals surface area contributed by atoms with Crippen molar-refractivity contribution in [1.29, 1.82) is 0 Å². The van der Waals surface area contributed by atoms with Crippen LogP contribution < -0.4 is 10.9 Å². The molecular weight excluding hydrogens is 902 g/mol. The fraction of sp³-hybridized carbons (Fsp3) is 0. The third-order valence-corrected chi connectivity index (χ3v) is 14.2. The van der Waals surface area contributed by atoms with E-state index < -0.39 is 0 Å². The van der Waals surface area contributed by atoms with Gasteiger partial charge in [0, 0.05) is 8.95 Å². The Bertz CT molecular complexity index is 3570. The number of hydrogen-bond acceptors (Lipinski definition) is 0. The molecule has 0 aliphatic heterocycles. The lowest BCUT2D eigenvalue weighted by molar-refractivity contribution is 1.59. The Morgan fingerprint density at radius 3 is 1.05 bits per heavy atom. The Morgan fingerprint density at radius 2 is 0.594 bits per heavy atom. The minimum absolute atomic E-state index is 1.06. The van der Waals surface area contributed by atoms with Gasteiger partial charge in [-0.3, -0.25) is 0 Å². The van der Waals surface area contributed by atoms with E-state index in [1.807, 2.05) is 0 Å². The van der Waals surface area contributed by atoms with Gasteiger partial charge in [0.1, 0.15) is 15.7 Å². The molecule has 0 saturated carbocycles.